The first-order chi connectivity index (χ1) is 24.3. The Morgan fingerprint density at radius 3 is 2.41 bits per heavy atom. The van der Waals surface area contributed by atoms with Crippen molar-refractivity contribution in [3.63, 3.8) is 0 Å². The zero-order valence-electron chi connectivity index (χ0n) is 31.6. The molecule has 3 aliphatic heterocycles. The number of benzene rings is 2. The van der Waals surface area contributed by atoms with Crippen LogP contribution in [0.2, 0.25) is 0 Å². The number of hydrogen-bond acceptors (Lipinski definition) is 8. The van der Waals surface area contributed by atoms with Crippen LogP contribution in [-0.4, -0.2) is 79.1 Å². The fourth-order valence-corrected chi connectivity index (χ4v) is 7.64. The second-order valence-electron chi connectivity index (χ2n) is 16.3. The van der Waals surface area contributed by atoms with Crippen molar-refractivity contribution < 1.29 is 28.6 Å². The highest BCUT2D eigenvalue weighted by Gasteiger charge is 2.52. The van der Waals surface area contributed by atoms with Gasteiger partial charge in [0.05, 0.1) is 72.0 Å². The van der Waals surface area contributed by atoms with Crippen LogP contribution in [0.1, 0.15) is 77.0 Å². The lowest BCUT2D eigenvalue weighted by Crippen LogP contribution is -2.41. The average Bonchev–Trinajstić information content (AvgIpc) is 3.54. The first kappa shape index (κ1) is 36.1. The molecule has 51 heavy (non-hydrogen) atoms. The summed E-state index contributed by atoms with van der Waals surface area (Å²) < 4.78 is 34.1. The van der Waals surface area contributed by atoms with Gasteiger partial charge in [0.2, 0.25) is 0 Å². The average molecular weight is 696 g/mol. The number of aliphatic hydroxyl groups excluding tert-OH is 1. The fourth-order valence-electron chi connectivity index (χ4n) is 7.64. The van der Waals surface area contributed by atoms with Gasteiger partial charge in [-0.1, -0.05) is 56.3 Å². The molecule has 0 amide bonds. The maximum Gasteiger partial charge on any atom is 0.494 e. The molecule has 10 heteroatoms. The molecule has 2 saturated heterocycles. The molecule has 9 nitrogen and oxygen atoms in total. The summed E-state index contributed by atoms with van der Waals surface area (Å²) in [6.45, 7) is 19.0. The first-order valence-corrected chi connectivity index (χ1v) is 18.5. The summed E-state index contributed by atoms with van der Waals surface area (Å²) in [5.74, 6) is 0. The number of pyridine rings is 1. The van der Waals surface area contributed by atoms with Crippen LogP contribution in [0.3, 0.4) is 0 Å². The molecule has 1 N–H and O–H groups in total. The Morgan fingerprint density at radius 1 is 1.04 bits per heavy atom. The summed E-state index contributed by atoms with van der Waals surface area (Å²) in [6, 6.07) is 17.2. The van der Waals surface area contributed by atoms with Crippen molar-refractivity contribution >= 4 is 29.2 Å². The van der Waals surface area contributed by atoms with Crippen molar-refractivity contribution in [3.8, 4) is 11.3 Å². The number of methoxy groups -OCH3 is 1. The standard InChI is InChI=1S/C41H54BN3O6/c1-27(47-8)36-34(21-31(23-43-36)44-14-16-48-17-15-44)38-35(22-39(2,3)26-46)33-20-30(42-50-40(4,5)41(6,7)51-42)18-29-19-32(24-45(38)37(29)33)49-25-28-12-10-9-11-13-28/h9-13,18,20-21,23,27,32,46H,14-17,19,22,24-26H2,1-8H3/t27-,32?/m0/s1. The van der Waals surface area contributed by atoms with E-state index in [4.69, 9.17) is 28.5 Å². The predicted molar refractivity (Wildman–Crippen MR) is 203 cm³/mol. The minimum atomic E-state index is -0.512. The number of morpholine rings is 1. The topological polar surface area (TPSA) is 87.4 Å². The molecule has 1 unspecified atom stereocenters. The maximum atomic E-state index is 10.7. The van der Waals surface area contributed by atoms with Crippen LogP contribution in [0.15, 0.2) is 54.7 Å². The van der Waals surface area contributed by atoms with Gasteiger partial charge in [-0.2, -0.15) is 0 Å². The van der Waals surface area contributed by atoms with E-state index in [-0.39, 0.29) is 24.2 Å². The third-order valence-corrected chi connectivity index (χ3v) is 11.4. The number of hydrogen-bond donors (Lipinski definition) is 1. The maximum absolute atomic E-state index is 10.7. The van der Waals surface area contributed by atoms with Crippen LogP contribution in [0.5, 0.6) is 0 Å². The summed E-state index contributed by atoms with van der Waals surface area (Å²) in [5.41, 5.74) is 8.50. The molecule has 2 aromatic carbocycles. The Labute approximate surface area is 303 Å². The van der Waals surface area contributed by atoms with Gasteiger partial charge in [0.25, 0.3) is 0 Å². The van der Waals surface area contributed by atoms with Gasteiger partial charge in [-0.05, 0) is 74.7 Å². The molecule has 0 bridgehead atoms. The molecule has 272 valence electrons. The lowest BCUT2D eigenvalue weighted by molar-refractivity contribution is 0.00578. The predicted octanol–water partition coefficient (Wildman–Crippen LogP) is 6.25. The monoisotopic (exact) mass is 695 g/mol. The third-order valence-electron chi connectivity index (χ3n) is 11.4. The van der Waals surface area contributed by atoms with Crippen molar-refractivity contribution in [1.82, 2.24) is 9.55 Å². The van der Waals surface area contributed by atoms with Crippen LogP contribution >= 0.6 is 0 Å². The van der Waals surface area contributed by atoms with Gasteiger partial charge in [-0.25, -0.2) is 0 Å². The van der Waals surface area contributed by atoms with Crippen LogP contribution < -0.4 is 10.4 Å². The van der Waals surface area contributed by atoms with E-state index in [2.05, 4.69) is 100 Å². The molecule has 4 aromatic rings. The normalized spacial score (nSPS) is 20.7. The largest absolute Gasteiger partial charge is 0.494 e. The summed E-state index contributed by atoms with van der Waals surface area (Å²) in [4.78, 5) is 7.46. The molecule has 0 radical (unpaired) electrons. The van der Waals surface area contributed by atoms with Crippen molar-refractivity contribution in [1.29, 1.82) is 0 Å². The molecule has 2 aromatic heterocycles. The van der Waals surface area contributed by atoms with E-state index in [0.717, 1.165) is 58.6 Å². The summed E-state index contributed by atoms with van der Waals surface area (Å²) >= 11 is 0. The highest BCUT2D eigenvalue weighted by molar-refractivity contribution is 6.62. The second-order valence-corrected chi connectivity index (χ2v) is 16.3. The number of aliphatic hydroxyl groups is 1. The van der Waals surface area contributed by atoms with Crippen molar-refractivity contribution in [2.45, 2.75) is 97.9 Å². The van der Waals surface area contributed by atoms with Gasteiger partial charge >= 0.3 is 7.12 Å². The van der Waals surface area contributed by atoms with E-state index in [1.807, 2.05) is 12.3 Å². The molecule has 2 atom stereocenters. The Kier molecular flexibility index (Phi) is 9.88. The van der Waals surface area contributed by atoms with E-state index in [1.54, 1.807) is 7.11 Å². The molecular formula is C41H54BN3O6. The third kappa shape index (κ3) is 6.99. The van der Waals surface area contributed by atoms with E-state index in [9.17, 15) is 5.11 Å². The van der Waals surface area contributed by atoms with Crippen molar-refractivity contribution in [2.24, 2.45) is 5.41 Å². The lowest BCUT2D eigenvalue weighted by atomic mass is 9.76. The lowest BCUT2D eigenvalue weighted by Gasteiger charge is -2.32. The Balaban J connectivity index is 1.46. The zero-order valence-corrected chi connectivity index (χ0v) is 31.6. The van der Waals surface area contributed by atoms with Crippen LogP contribution in [0.25, 0.3) is 22.2 Å². The van der Waals surface area contributed by atoms with Crippen molar-refractivity contribution in [3.05, 3.63) is 77.1 Å². The molecule has 0 aliphatic carbocycles. The number of nitrogens with zero attached hydrogens (tertiary/aromatic N) is 3. The number of anilines is 1. The fraction of sp³-hybridized carbons (Fsp3) is 0.537. The smallest absolute Gasteiger partial charge is 0.399 e. The highest BCUT2D eigenvalue weighted by Crippen LogP contribution is 2.45. The Morgan fingerprint density at radius 2 is 1.75 bits per heavy atom. The van der Waals surface area contributed by atoms with Crippen LogP contribution in [0.4, 0.5) is 5.69 Å². The van der Waals surface area contributed by atoms with Crippen LogP contribution in [0, 0.1) is 5.41 Å². The van der Waals surface area contributed by atoms with E-state index < -0.39 is 18.3 Å². The highest BCUT2D eigenvalue weighted by atomic mass is 16.7. The molecule has 2 fully saturated rings. The van der Waals surface area contributed by atoms with Gasteiger partial charge in [0.1, 0.15) is 0 Å². The van der Waals surface area contributed by atoms with E-state index in [1.165, 1.54) is 16.6 Å². The van der Waals surface area contributed by atoms with Gasteiger partial charge in [-0.15, -0.1) is 0 Å². The van der Waals surface area contributed by atoms with Crippen molar-refractivity contribution in [2.75, 3.05) is 44.9 Å². The molecule has 5 heterocycles. The van der Waals surface area contributed by atoms with Crippen LogP contribution in [-0.2, 0) is 49.5 Å². The Bertz CT molecular complexity index is 1850. The number of ether oxygens (including phenoxy) is 3. The second kappa shape index (κ2) is 14.0. The van der Waals surface area contributed by atoms with E-state index >= 15 is 0 Å². The summed E-state index contributed by atoms with van der Waals surface area (Å²) in [5, 5.41) is 11.8. The minimum absolute atomic E-state index is 0.0547. The quantitative estimate of drug-likeness (QED) is 0.185. The number of rotatable bonds is 11. The molecule has 0 spiro atoms. The molecule has 7 rings (SSSR count). The number of aromatic nitrogens is 2. The summed E-state index contributed by atoms with van der Waals surface area (Å²) in [7, 11) is 1.23. The molecular weight excluding hydrogens is 641 g/mol. The first-order valence-electron chi connectivity index (χ1n) is 18.5. The zero-order chi connectivity index (χ0) is 36.1. The minimum Gasteiger partial charge on any atom is -0.399 e. The van der Waals surface area contributed by atoms with Gasteiger partial charge < -0.3 is 38.1 Å². The molecule has 3 aliphatic rings. The molecule has 0 saturated carbocycles. The SMILES string of the molecule is CO[C@@H](C)c1ncc(N2CCOCC2)cc1-c1c(CC(C)(C)CO)c2cc(B3OC(C)(C)C(C)(C)O3)cc3c2n1CC(OCc1ccccc1)C3. The summed E-state index contributed by atoms with van der Waals surface area (Å²) in [6.07, 6.45) is 3.08. The van der Waals surface area contributed by atoms with Gasteiger partial charge in [0, 0.05) is 50.7 Å². The van der Waals surface area contributed by atoms with Gasteiger partial charge in [0.15, 0.2) is 0 Å². The Hall–Kier alpha value is -3.25. The van der Waals surface area contributed by atoms with E-state index in [0.29, 0.717) is 32.8 Å². The van der Waals surface area contributed by atoms with Gasteiger partial charge in [-0.3, -0.25) is 4.98 Å².